The van der Waals surface area contributed by atoms with Crippen LogP contribution in [0.1, 0.15) is 22.3 Å². The Balaban J connectivity index is 0.000000342. The number of hydrogen-bond donors (Lipinski definition) is 4. The van der Waals surface area contributed by atoms with Crippen molar-refractivity contribution in [3.63, 3.8) is 0 Å². The van der Waals surface area contributed by atoms with Gasteiger partial charge in [0.15, 0.2) is 25.5 Å². The number of pyridine rings is 2. The first kappa shape index (κ1) is 38.6. The van der Waals surface area contributed by atoms with Crippen molar-refractivity contribution >= 4 is 56.5 Å². The topological polar surface area (TPSA) is 164 Å². The Kier molecular flexibility index (Phi) is 11.4. The van der Waals surface area contributed by atoms with E-state index in [0.717, 1.165) is 70.7 Å². The maximum Gasteiger partial charge on any atom is 0.430 e. The number of aromatic nitrogens is 2. The average molecular weight is 751 g/mol. The zero-order valence-corrected chi connectivity index (χ0v) is 28.2. The summed E-state index contributed by atoms with van der Waals surface area (Å²) in [6, 6.07) is 34.2. The smallest absolute Gasteiger partial charge is 0.430 e. The Labute approximate surface area is 303 Å². The van der Waals surface area contributed by atoms with E-state index in [1.54, 1.807) is 0 Å². The number of nitrogens with two attached hydrogens (primary N) is 2. The number of hydrogen-bond acceptors (Lipinski definition) is 8. The number of fused-ring (bicyclic) bond motifs is 1. The first-order chi connectivity index (χ1) is 25.5. The van der Waals surface area contributed by atoms with Crippen LogP contribution in [0.15, 0.2) is 109 Å². The normalized spacial score (nSPS) is 12.7. The number of carbonyl (C=O) groups is 2. The van der Waals surface area contributed by atoms with Crippen LogP contribution in [0.25, 0.3) is 21.8 Å². The summed E-state index contributed by atoms with van der Waals surface area (Å²) in [6.45, 7) is 2.99. The third-order valence-electron chi connectivity index (χ3n) is 8.23. The van der Waals surface area contributed by atoms with E-state index in [9.17, 15) is 26.3 Å². The minimum absolute atomic E-state index is 0.728. The van der Waals surface area contributed by atoms with E-state index in [1.807, 2.05) is 12.1 Å². The predicted octanol–water partition coefficient (Wildman–Crippen LogP) is 3.96. The molecule has 0 saturated carbocycles. The molecule has 16 heteroatoms. The predicted molar refractivity (Wildman–Crippen MR) is 185 cm³/mol. The third-order valence-corrected chi connectivity index (χ3v) is 8.23. The van der Waals surface area contributed by atoms with Crippen LogP contribution in [0, 0.1) is 0 Å². The number of aliphatic carboxylic acids is 2. The van der Waals surface area contributed by atoms with Gasteiger partial charge in [-0.1, -0.05) is 42.5 Å². The van der Waals surface area contributed by atoms with Gasteiger partial charge in [-0.15, -0.1) is 0 Å². The maximum atomic E-state index is 10.5. The summed E-state index contributed by atoms with van der Waals surface area (Å²) in [5.74, 6) is -6.01. The molecule has 6 N–H and O–H groups in total. The van der Waals surface area contributed by atoms with Gasteiger partial charge in [-0.25, -0.2) is 0 Å². The van der Waals surface area contributed by atoms with Crippen molar-refractivity contribution in [2.45, 2.75) is 38.5 Å². The summed E-state index contributed by atoms with van der Waals surface area (Å²) in [7, 11) is 0. The largest absolute Gasteiger partial charge is 0.542 e. The lowest BCUT2D eigenvalue weighted by Gasteiger charge is -2.12. The van der Waals surface area contributed by atoms with Gasteiger partial charge in [0, 0.05) is 59.9 Å². The Bertz CT molecular complexity index is 2160. The highest BCUT2D eigenvalue weighted by molar-refractivity contribution is 5.92. The van der Waals surface area contributed by atoms with E-state index in [-0.39, 0.29) is 0 Å². The highest BCUT2D eigenvalue weighted by atomic mass is 19.4. The summed E-state index contributed by atoms with van der Waals surface area (Å²) >= 11 is 0. The molecule has 10 rings (SSSR count). The average Bonchev–Trinajstić information content (AvgIpc) is 3.11. The highest BCUT2D eigenvalue weighted by Crippen LogP contribution is 2.26. The van der Waals surface area contributed by atoms with Crippen LogP contribution in [0.2, 0.25) is 0 Å². The molecule has 4 aliphatic heterocycles. The van der Waals surface area contributed by atoms with Gasteiger partial charge in [-0.3, -0.25) is 0 Å². The van der Waals surface area contributed by atoms with E-state index in [1.165, 1.54) is 22.3 Å². The minimum atomic E-state index is -5.19. The van der Waals surface area contributed by atoms with E-state index >= 15 is 0 Å². The van der Waals surface area contributed by atoms with Crippen LogP contribution in [0.3, 0.4) is 0 Å². The molecule has 8 bridgehead atoms. The van der Waals surface area contributed by atoms with E-state index in [2.05, 4.69) is 117 Å². The lowest BCUT2D eigenvalue weighted by atomic mass is 10.1. The van der Waals surface area contributed by atoms with Gasteiger partial charge in [0.25, 0.3) is 0 Å². The number of carbonyl (C=O) groups excluding carboxylic acids is 2. The molecule has 2 aromatic heterocycles. The second kappa shape index (κ2) is 16.0. The summed E-state index contributed by atoms with van der Waals surface area (Å²) in [5.41, 5.74) is 23.4. The highest BCUT2D eigenvalue weighted by Gasteiger charge is 2.29. The van der Waals surface area contributed by atoms with Crippen LogP contribution in [0.4, 0.5) is 49.1 Å². The minimum Gasteiger partial charge on any atom is -0.542 e. The maximum absolute atomic E-state index is 10.5. The molecule has 6 heterocycles. The van der Waals surface area contributed by atoms with Crippen molar-refractivity contribution in [3.8, 4) is 0 Å². The number of carboxylic acid groups (broad SMARTS) is 2. The number of alkyl halides is 6. The molecule has 4 aromatic carbocycles. The molecule has 0 amide bonds. The van der Waals surface area contributed by atoms with Crippen molar-refractivity contribution in [1.82, 2.24) is 0 Å². The number of nitrogen functional groups attached to an aromatic ring is 2. The molecule has 0 radical (unpaired) electrons. The van der Waals surface area contributed by atoms with Gasteiger partial charge in [0.2, 0.25) is 11.0 Å². The monoisotopic (exact) mass is 750 g/mol. The second-order valence-electron chi connectivity index (χ2n) is 12.2. The zero-order chi connectivity index (χ0) is 39.2. The van der Waals surface area contributed by atoms with Crippen LogP contribution >= 0.6 is 0 Å². The fraction of sp³-hybridized carbons (Fsp3) is 0.158. The van der Waals surface area contributed by atoms with E-state index in [0.29, 0.717) is 0 Å². The molecule has 280 valence electrons. The molecule has 0 spiro atoms. The van der Waals surface area contributed by atoms with Crippen LogP contribution in [-0.4, -0.2) is 24.3 Å². The second-order valence-corrected chi connectivity index (χ2v) is 12.2. The molecule has 0 atom stereocenters. The van der Waals surface area contributed by atoms with Gasteiger partial charge in [-0.05, 0) is 41.5 Å². The zero-order valence-electron chi connectivity index (χ0n) is 28.2. The molecular weight excluding hydrogens is 718 g/mol. The van der Waals surface area contributed by atoms with Gasteiger partial charge < -0.3 is 41.9 Å². The van der Waals surface area contributed by atoms with Crippen molar-refractivity contribution in [3.05, 3.63) is 132 Å². The Hall–Kier alpha value is -6.58. The Morgan fingerprint density at radius 2 is 0.926 bits per heavy atom. The van der Waals surface area contributed by atoms with Crippen molar-refractivity contribution in [2.24, 2.45) is 0 Å². The summed E-state index contributed by atoms with van der Waals surface area (Å²) in [4.78, 5) is 17.6. The van der Waals surface area contributed by atoms with Gasteiger partial charge in [0.05, 0.1) is 22.1 Å². The quantitative estimate of drug-likeness (QED) is 0.103. The van der Waals surface area contributed by atoms with Crippen LogP contribution in [0.5, 0.6) is 0 Å². The van der Waals surface area contributed by atoms with Crippen molar-refractivity contribution < 1.29 is 55.3 Å². The van der Waals surface area contributed by atoms with E-state index < -0.39 is 24.3 Å². The number of rotatable bonds is 0. The molecule has 0 fully saturated rings. The number of nitrogens with zero attached hydrogens (tertiary/aromatic N) is 2. The first-order valence-corrected chi connectivity index (χ1v) is 16.1. The SMILES string of the molecule is Nc1ccc2c(c1)c1cc[n+]2Cc2cccc(c2)C[n+]2ccc(c3cc(N)ccc32)NCc2ccc(cc2)CN1.O=C([O-])C(F)(F)F.O=C([O-])C(F)(F)F. The lowest BCUT2D eigenvalue weighted by Crippen LogP contribution is -2.37. The molecule has 6 aromatic rings. The number of nitrogens with one attached hydrogen (secondary N) is 2. The standard InChI is InChI=1S/C34H30N6.2C2HF3O2/c35-27-8-10-33-29(17-27)31-12-14-39(33)21-25-2-1-3-26(16-25)22-40-15-13-32(30-18-28(36)9-11-34(30)40)38-20-24-6-4-23(5-7-24)19-37-31;2*3-2(4,5)1(6)7/h1-18H,19-22,35-36H2;2*(H,6,7). The van der Waals surface area contributed by atoms with E-state index in [4.69, 9.17) is 31.3 Å². The van der Waals surface area contributed by atoms with Gasteiger partial charge in [-0.2, -0.15) is 35.5 Å². The fourth-order valence-electron chi connectivity index (χ4n) is 5.68. The first-order valence-electron chi connectivity index (χ1n) is 16.1. The summed E-state index contributed by atoms with van der Waals surface area (Å²) < 4.78 is 67.7. The summed E-state index contributed by atoms with van der Waals surface area (Å²) in [6.07, 6.45) is -6.06. The van der Waals surface area contributed by atoms with Crippen molar-refractivity contribution in [1.29, 1.82) is 0 Å². The molecular formula is C38H32F6N6O4. The molecule has 4 aliphatic rings. The Morgan fingerprint density at radius 3 is 1.28 bits per heavy atom. The molecule has 0 aliphatic carbocycles. The number of carboxylic acids is 2. The molecule has 54 heavy (non-hydrogen) atoms. The third kappa shape index (κ3) is 9.84. The number of halogens is 6. The van der Waals surface area contributed by atoms with Gasteiger partial charge >= 0.3 is 12.4 Å². The molecule has 0 saturated heterocycles. The van der Waals surface area contributed by atoms with Crippen LogP contribution in [-0.2, 0) is 35.8 Å². The Morgan fingerprint density at radius 1 is 0.556 bits per heavy atom. The van der Waals surface area contributed by atoms with Gasteiger partial charge in [0.1, 0.15) is 11.9 Å². The number of benzene rings is 4. The lowest BCUT2D eigenvalue weighted by molar-refractivity contribution is -0.663. The fourth-order valence-corrected chi connectivity index (χ4v) is 5.68. The van der Waals surface area contributed by atoms with Crippen LogP contribution < -0.4 is 41.4 Å². The number of anilines is 4. The molecule has 10 nitrogen and oxygen atoms in total. The summed E-state index contributed by atoms with van der Waals surface area (Å²) in [5, 5.41) is 27.1. The molecule has 0 unspecified atom stereocenters. The van der Waals surface area contributed by atoms with Crippen molar-refractivity contribution in [2.75, 3.05) is 22.1 Å².